The number of aliphatic carboxylic acids is 1. The number of carbonyl (C=O) groups is 3. The first-order valence-corrected chi connectivity index (χ1v) is 6.24. The van der Waals surface area contributed by atoms with E-state index in [1.807, 2.05) is 6.07 Å². The minimum atomic E-state index is -1.34. The third kappa shape index (κ3) is 2.34. The van der Waals surface area contributed by atoms with Crippen molar-refractivity contribution in [1.29, 1.82) is 0 Å². The molecule has 104 valence electrons. The molecule has 1 aliphatic rings. The normalized spacial score (nSPS) is 18.6. The van der Waals surface area contributed by atoms with Crippen molar-refractivity contribution in [2.24, 2.45) is 5.92 Å². The third-order valence-electron chi connectivity index (χ3n) is 3.36. The highest BCUT2D eigenvalue weighted by Crippen LogP contribution is 2.35. The summed E-state index contributed by atoms with van der Waals surface area (Å²) in [4.78, 5) is 36.3. The van der Waals surface area contributed by atoms with Gasteiger partial charge >= 0.3 is 0 Å². The maximum Gasteiger partial charge on any atom is 0.239 e. The molecule has 0 aliphatic carbocycles. The SMILES string of the molecule is CC(=O)C1=C(C)N(c2ccccc2)C(=O)C1CC(=O)[O-]. The van der Waals surface area contributed by atoms with Crippen molar-refractivity contribution >= 4 is 23.3 Å². The van der Waals surface area contributed by atoms with Crippen molar-refractivity contribution in [2.75, 3.05) is 4.90 Å². The second-order valence-corrected chi connectivity index (χ2v) is 4.69. The van der Waals surface area contributed by atoms with Crippen LogP contribution in [0.5, 0.6) is 0 Å². The maximum atomic E-state index is 12.4. The highest BCUT2D eigenvalue weighted by Gasteiger charge is 2.40. The van der Waals surface area contributed by atoms with Crippen LogP contribution in [0, 0.1) is 5.92 Å². The van der Waals surface area contributed by atoms with Crippen LogP contribution >= 0.6 is 0 Å². The van der Waals surface area contributed by atoms with E-state index in [2.05, 4.69) is 0 Å². The van der Waals surface area contributed by atoms with Gasteiger partial charge < -0.3 is 9.90 Å². The summed E-state index contributed by atoms with van der Waals surface area (Å²) in [6.45, 7) is 2.99. The Labute approximate surface area is 116 Å². The molecule has 0 bridgehead atoms. The zero-order valence-corrected chi connectivity index (χ0v) is 11.3. The number of anilines is 1. The number of allylic oxidation sites excluding steroid dienone is 1. The first kappa shape index (κ1) is 14.0. The molecule has 0 saturated heterocycles. The van der Waals surface area contributed by atoms with Crippen LogP contribution in [0.1, 0.15) is 20.3 Å². The summed E-state index contributed by atoms with van der Waals surface area (Å²) in [5, 5.41) is 10.8. The lowest BCUT2D eigenvalue weighted by Crippen LogP contribution is -2.33. The number of rotatable bonds is 4. The Balaban J connectivity index is 2.48. The van der Waals surface area contributed by atoms with Crippen molar-refractivity contribution in [3.05, 3.63) is 41.6 Å². The Morgan fingerprint density at radius 2 is 1.85 bits per heavy atom. The number of hydrogen-bond acceptors (Lipinski definition) is 4. The molecule has 0 spiro atoms. The summed E-state index contributed by atoms with van der Waals surface area (Å²) in [6.07, 6.45) is -0.478. The maximum absolute atomic E-state index is 12.4. The second kappa shape index (κ2) is 5.28. The molecule has 1 unspecified atom stereocenters. The van der Waals surface area contributed by atoms with Gasteiger partial charge in [-0.15, -0.1) is 0 Å². The summed E-state index contributed by atoms with van der Waals surface area (Å²) in [6, 6.07) is 8.83. The van der Waals surface area contributed by atoms with Gasteiger partial charge in [0.05, 0.1) is 5.92 Å². The van der Waals surface area contributed by atoms with Gasteiger partial charge in [0.25, 0.3) is 0 Å². The zero-order valence-electron chi connectivity index (χ0n) is 11.3. The van der Waals surface area contributed by atoms with Gasteiger partial charge in [-0.25, -0.2) is 0 Å². The number of hydrogen-bond donors (Lipinski definition) is 0. The quantitative estimate of drug-likeness (QED) is 0.806. The summed E-state index contributed by atoms with van der Waals surface area (Å²) in [7, 11) is 0. The topological polar surface area (TPSA) is 77.5 Å². The van der Waals surface area contributed by atoms with Crippen LogP contribution in [-0.2, 0) is 14.4 Å². The van der Waals surface area contributed by atoms with E-state index in [1.165, 1.54) is 11.8 Å². The summed E-state index contributed by atoms with van der Waals surface area (Å²) < 4.78 is 0. The van der Waals surface area contributed by atoms with E-state index in [0.29, 0.717) is 11.4 Å². The smallest absolute Gasteiger partial charge is 0.239 e. The van der Waals surface area contributed by atoms with Gasteiger partial charge in [-0.05, 0) is 26.0 Å². The fourth-order valence-corrected chi connectivity index (χ4v) is 2.57. The van der Waals surface area contributed by atoms with Gasteiger partial charge in [-0.3, -0.25) is 14.5 Å². The highest BCUT2D eigenvalue weighted by molar-refractivity contribution is 6.13. The second-order valence-electron chi connectivity index (χ2n) is 4.69. The predicted octanol–water partition coefficient (Wildman–Crippen LogP) is 0.652. The van der Waals surface area contributed by atoms with Gasteiger partial charge in [-0.1, -0.05) is 18.2 Å². The molecule has 0 radical (unpaired) electrons. The first-order chi connectivity index (χ1) is 9.43. The largest absolute Gasteiger partial charge is 0.550 e. The van der Waals surface area contributed by atoms with Gasteiger partial charge in [0, 0.05) is 29.3 Å². The van der Waals surface area contributed by atoms with E-state index in [-0.39, 0.29) is 11.4 Å². The average Bonchev–Trinajstić information content (AvgIpc) is 2.61. The number of benzene rings is 1. The number of carbonyl (C=O) groups excluding carboxylic acids is 3. The number of ketones is 1. The Bertz CT molecular complexity index is 604. The number of amides is 1. The molecule has 20 heavy (non-hydrogen) atoms. The molecular weight excluding hydrogens is 258 g/mol. The van der Waals surface area contributed by atoms with Crippen molar-refractivity contribution in [2.45, 2.75) is 20.3 Å². The van der Waals surface area contributed by atoms with Crippen LogP contribution in [0.15, 0.2) is 41.6 Å². The molecule has 1 aliphatic heterocycles. The molecular formula is C15H14NO4-. The Morgan fingerprint density at radius 3 is 2.35 bits per heavy atom. The van der Waals surface area contributed by atoms with Crippen molar-refractivity contribution in [3.8, 4) is 0 Å². The molecule has 1 atom stereocenters. The summed E-state index contributed by atoms with van der Waals surface area (Å²) in [5.74, 6) is -2.99. The first-order valence-electron chi connectivity index (χ1n) is 6.24. The Kier molecular flexibility index (Phi) is 3.70. The van der Waals surface area contributed by atoms with Crippen LogP contribution in [0.25, 0.3) is 0 Å². The number of carboxylic acid groups (broad SMARTS) is 1. The minimum absolute atomic E-state index is 0.253. The third-order valence-corrected chi connectivity index (χ3v) is 3.36. The fourth-order valence-electron chi connectivity index (χ4n) is 2.57. The molecule has 0 fully saturated rings. The van der Waals surface area contributed by atoms with Crippen LogP contribution in [0.3, 0.4) is 0 Å². The molecule has 1 heterocycles. The molecule has 5 heteroatoms. The molecule has 0 N–H and O–H groups in total. The van der Waals surface area contributed by atoms with E-state index in [4.69, 9.17) is 0 Å². The number of carboxylic acids is 1. The molecule has 2 rings (SSSR count). The molecule has 5 nitrogen and oxygen atoms in total. The Hall–Kier alpha value is -2.43. The van der Waals surface area contributed by atoms with E-state index >= 15 is 0 Å². The lowest BCUT2D eigenvalue weighted by atomic mass is 9.94. The molecule has 0 saturated carbocycles. The van der Waals surface area contributed by atoms with Gasteiger partial charge in [0.2, 0.25) is 5.91 Å². The van der Waals surface area contributed by atoms with E-state index in [1.54, 1.807) is 31.2 Å². The number of para-hydroxylation sites is 1. The minimum Gasteiger partial charge on any atom is -0.550 e. The zero-order chi connectivity index (χ0) is 14.9. The van der Waals surface area contributed by atoms with E-state index in [9.17, 15) is 19.5 Å². The number of Topliss-reactive ketones (excluding diaryl/α,β-unsaturated/α-hetero) is 1. The standard InChI is InChI=1S/C15H15NO4/c1-9-14(10(2)17)12(8-13(18)19)15(20)16(9)11-6-4-3-5-7-11/h3-7,12H,8H2,1-2H3,(H,18,19)/p-1. The van der Waals surface area contributed by atoms with Gasteiger partial charge in [0.15, 0.2) is 5.78 Å². The molecule has 0 aromatic heterocycles. The lowest BCUT2D eigenvalue weighted by Gasteiger charge is -2.19. The van der Waals surface area contributed by atoms with Gasteiger partial charge in [0.1, 0.15) is 0 Å². The summed E-state index contributed by atoms with van der Waals surface area (Å²) >= 11 is 0. The monoisotopic (exact) mass is 272 g/mol. The number of nitrogens with zero attached hydrogens (tertiary/aromatic N) is 1. The summed E-state index contributed by atoms with van der Waals surface area (Å²) in [5.41, 5.74) is 1.36. The van der Waals surface area contributed by atoms with Crippen molar-refractivity contribution in [3.63, 3.8) is 0 Å². The molecule has 1 amide bonds. The van der Waals surface area contributed by atoms with Gasteiger partial charge in [-0.2, -0.15) is 0 Å². The van der Waals surface area contributed by atoms with E-state index in [0.717, 1.165) is 0 Å². The Morgan fingerprint density at radius 1 is 1.25 bits per heavy atom. The van der Waals surface area contributed by atoms with Crippen LogP contribution in [0.2, 0.25) is 0 Å². The van der Waals surface area contributed by atoms with Crippen LogP contribution < -0.4 is 10.0 Å². The predicted molar refractivity (Wildman–Crippen MR) is 70.4 cm³/mol. The van der Waals surface area contributed by atoms with Crippen molar-refractivity contribution in [1.82, 2.24) is 0 Å². The van der Waals surface area contributed by atoms with Crippen LogP contribution in [-0.4, -0.2) is 17.7 Å². The van der Waals surface area contributed by atoms with E-state index < -0.39 is 24.2 Å². The van der Waals surface area contributed by atoms with Crippen LogP contribution in [0.4, 0.5) is 5.69 Å². The molecule has 1 aromatic rings. The fraction of sp³-hybridized carbons (Fsp3) is 0.267. The molecule has 1 aromatic carbocycles. The lowest BCUT2D eigenvalue weighted by molar-refractivity contribution is -0.306. The highest BCUT2D eigenvalue weighted by atomic mass is 16.4. The van der Waals surface area contributed by atoms with Crippen molar-refractivity contribution < 1.29 is 19.5 Å². The average molecular weight is 272 g/mol.